The molecule has 0 saturated heterocycles. The highest BCUT2D eigenvalue weighted by Crippen LogP contribution is 2.48. The summed E-state index contributed by atoms with van der Waals surface area (Å²) in [7, 11) is -2.82. The zero-order valence-electron chi connectivity index (χ0n) is 14.5. The van der Waals surface area contributed by atoms with Crippen LogP contribution in [0.1, 0.15) is 84.5 Å². The summed E-state index contributed by atoms with van der Waals surface area (Å²) in [6.45, 7) is 4.61. The molecule has 130 valence electrons. The van der Waals surface area contributed by atoms with Crippen molar-refractivity contribution in [3.8, 4) is 6.07 Å². The van der Waals surface area contributed by atoms with Crippen LogP contribution in [0.25, 0.3) is 0 Å². The van der Waals surface area contributed by atoms with Crippen LogP contribution in [0.3, 0.4) is 0 Å². The van der Waals surface area contributed by atoms with E-state index in [-0.39, 0.29) is 0 Å². The van der Waals surface area contributed by atoms with E-state index in [0.717, 1.165) is 19.3 Å². The molecule has 0 spiro atoms. The fourth-order valence-corrected chi connectivity index (χ4v) is 4.21. The third kappa shape index (κ3) is 13.3. The van der Waals surface area contributed by atoms with E-state index in [4.69, 9.17) is 14.3 Å². The van der Waals surface area contributed by atoms with E-state index in [2.05, 4.69) is 6.07 Å². The minimum atomic E-state index is -2.82. The van der Waals surface area contributed by atoms with Crippen LogP contribution < -0.4 is 0 Å². The molecule has 0 atom stereocenters. The molecule has 0 aliphatic heterocycles. The lowest BCUT2D eigenvalue weighted by Gasteiger charge is -2.16. The number of unbranched alkanes of at least 4 members (excludes halogenated alkanes) is 10. The van der Waals surface area contributed by atoms with Gasteiger partial charge in [0.1, 0.15) is 0 Å². The van der Waals surface area contributed by atoms with E-state index in [0.29, 0.717) is 25.8 Å². The van der Waals surface area contributed by atoms with Crippen molar-refractivity contribution in [1.29, 1.82) is 5.26 Å². The van der Waals surface area contributed by atoms with Gasteiger partial charge in [-0.3, -0.25) is 4.57 Å². The number of hydrogen-bond acceptors (Lipinski definition) is 4. The molecule has 0 bridgehead atoms. The summed E-state index contributed by atoms with van der Waals surface area (Å²) in [4.78, 5) is 0. The first kappa shape index (κ1) is 21.6. The normalized spacial score (nSPS) is 11.5. The number of nitrogens with zero attached hydrogens (tertiary/aromatic N) is 1. The summed E-state index contributed by atoms with van der Waals surface area (Å²) in [5.41, 5.74) is 0. The van der Waals surface area contributed by atoms with Gasteiger partial charge >= 0.3 is 7.60 Å². The zero-order valence-corrected chi connectivity index (χ0v) is 15.4. The van der Waals surface area contributed by atoms with Crippen molar-refractivity contribution in [3.63, 3.8) is 0 Å². The summed E-state index contributed by atoms with van der Waals surface area (Å²) < 4.78 is 22.8. The molecule has 0 radical (unpaired) electrons. The van der Waals surface area contributed by atoms with Crippen LogP contribution in [-0.2, 0) is 13.6 Å². The number of nitriles is 1. The van der Waals surface area contributed by atoms with Gasteiger partial charge in [0.15, 0.2) is 0 Å². The lowest BCUT2D eigenvalue weighted by Crippen LogP contribution is -2.00. The van der Waals surface area contributed by atoms with Gasteiger partial charge in [0, 0.05) is 6.42 Å². The lowest BCUT2D eigenvalue weighted by atomic mass is 10.1. The van der Waals surface area contributed by atoms with Gasteiger partial charge in [-0.25, -0.2) is 0 Å². The van der Waals surface area contributed by atoms with Gasteiger partial charge in [-0.2, -0.15) is 5.26 Å². The Morgan fingerprint density at radius 1 is 0.773 bits per heavy atom. The maximum atomic E-state index is 12.2. The first-order valence-electron chi connectivity index (χ1n) is 8.93. The Hall–Kier alpha value is -0.360. The molecule has 0 aromatic carbocycles. The first-order chi connectivity index (χ1) is 10.7. The van der Waals surface area contributed by atoms with Gasteiger partial charge in [-0.15, -0.1) is 0 Å². The Labute approximate surface area is 137 Å². The third-order valence-corrected chi connectivity index (χ3v) is 5.79. The molecule has 0 saturated carbocycles. The molecule has 4 nitrogen and oxygen atoms in total. The van der Waals surface area contributed by atoms with Crippen LogP contribution in [0.4, 0.5) is 0 Å². The Bertz CT molecular complexity index is 318. The molecule has 0 aliphatic carbocycles. The van der Waals surface area contributed by atoms with Crippen LogP contribution in [0.2, 0.25) is 0 Å². The van der Waals surface area contributed by atoms with Crippen LogP contribution >= 0.6 is 7.60 Å². The predicted octanol–water partition coefficient (Wildman–Crippen LogP) is 6.07. The monoisotopic (exact) mass is 331 g/mol. The van der Waals surface area contributed by atoms with Crippen LogP contribution in [0, 0.1) is 11.3 Å². The molecule has 0 heterocycles. The quantitative estimate of drug-likeness (QED) is 0.254. The predicted molar refractivity (Wildman–Crippen MR) is 92.1 cm³/mol. The Kier molecular flexibility index (Phi) is 15.3. The van der Waals surface area contributed by atoms with Crippen molar-refractivity contribution in [2.75, 3.05) is 19.4 Å². The minimum Gasteiger partial charge on any atom is -0.309 e. The summed E-state index contributed by atoms with van der Waals surface area (Å²) >= 11 is 0. The molecule has 0 unspecified atom stereocenters. The third-order valence-electron chi connectivity index (χ3n) is 3.62. The van der Waals surface area contributed by atoms with E-state index in [9.17, 15) is 4.57 Å². The standard InChI is InChI=1S/C17H34NO3P/c1-3-20-22(19,21-4-2)17-15-13-11-9-7-5-6-8-10-12-14-16-18/h3-15,17H2,1-2H3. The SMILES string of the molecule is CCOP(=O)(CCCCCCCCCCCCC#N)OCC. The molecule has 0 fully saturated rings. The fourth-order valence-electron chi connectivity index (χ4n) is 2.48. The molecule has 0 amide bonds. The van der Waals surface area contributed by atoms with Gasteiger partial charge in [-0.1, -0.05) is 51.4 Å². The van der Waals surface area contributed by atoms with E-state index in [1.54, 1.807) is 0 Å². The molecular weight excluding hydrogens is 297 g/mol. The zero-order chi connectivity index (χ0) is 16.5. The Morgan fingerprint density at radius 2 is 1.18 bits per heavy atom. The Morgan fingerprint density at radius 3 is 1.59 bits per heavy atom. The van der Waals surface area contributed by atoms with Gasteiger partial charge in [0.25, 0.3) is 0 Å². The first-order valence-corrected chi connectivity index (χ1v) is 10.7. The Balaban J connectivity index is 3.39. The van der Waals surface area contributed by atoms with E-state index >= 15 is 0 Å². The molecule has 0 aromatic rings. The summed E-state index contributed by atoms with van der Waals surface area (Å²) in [6, 6.07) is 2.19. The van der Waals surface area contributed by atoms with Gasteiger partial charge in [0.05, 0.1) is 25.4 Å². The largest absolute Gasteiger partial charge is 0.330 e. The molecule has 0 rings (SSSR count). The van der Waals surface area contributed by atoms with Gasteiger partial charge < -0.3 is 9.05 Å². The van der Waals surface area contributed by atoms with Gasteiger partial charge in [-0.05, 0) is 26.7 Å². The average Bonchev–Trinajstić information content (AvgIpc) is 2.49. The van der Waals surface area contributed by atoms with Gasteiger partial charge in [0.2, 0.25) is 0 Å². The molecule has 5 heteroatoms. The van der Waals surface area contributed by atoms with E-state index in [1.807, 2.05) is 13.8 Å². The van der Waals surface area contributed by atoms with Crippen molar-refractivity contribution < 1.29 is 13.6 Å². The van der Waals surface area contributed by atoms with Crippen LogP contribution in [0.15, 0.2) is 0 Å². The average molecular weight is 331 g/mol. The second-order valence-electron chi connectivity index (χ2n) is 5.61. The number of hydrogen-bond donors (Lipinski definition) is 0. The second-order valence-corrected chi connectivity index (χ2v) is 7.80. The summed E-state index contributed by atoms with van der Waals surface area (Å²) in [5, 5.41) is 8.44. The highest BCUT2D eigenvalue weighted by Gasteiger charge is 2.22. The molecule has 0 N–H and O–H groups in total. The summed E-state index contributed by atoms with van der Waals surface area (Å²) in [6.07, 6.45) is 13.1. The second kappa shape index (κ2) is 15.5. The maximum Gasteiger partial charge on any atom is 0.330 e. The number of rotatable bonds is 16. The smallest absolute Gasteiger partial charge is 0.309 e. The van der Waals surface area contributed by atoms with Crippen molar-refractivity contribution in [2.45, 2.75) is 84.5 Å². The van der Waals surface area contributed by atoms with Crippen molar-refractivity contribution in [3.05, 3.63) is 0 Å². The van der Waals surface area contributed by atoms with Crippen molar-refractivity contribution in [2.24, 2.45) is 0 Å². The van der Waals surface area contributed by atoms with Crippen LogP contribution in [-0.4, -0.2) is 19.4 Å². The molecule has 0 aliphatic rings. The lowest BCUT2D eigenvalue weighted by molar-refractivity contribution is 0.219. The summed E-state index contributed by atoms with van der Waals surface area (Å²) in [5.74, 6) is 0. The molecule has 22 heavy (non-hydrogen) atoms. The highest BCUT2D eigenvalue weighted by molar-refractivity contribution is 7.53. The van der Waals surface area contributed by atoms with E-state index in [1.165, 1.54) is 44.9 Å². The van der Waals surface area contributed by atoms with Crippen molar-refractivity contribution >= 4 is 7.60 Å². The fraction of sp³-hybridized carbons (Fsp3) is 0.941. The van der Waals surface area contributed by atoms with Crippen LogP contribution in [0.5, 0.6) is 0 Å². The highest BCUT2D eigenvalue weighted by atomic mass is 31.2. The minimum absolute atomic E-state index is 0.450. The van der Waals surface area contributed by atoms with E-state index < -0.39 is 7.60 Å². The van der Waals surface area contributed by atoms with Crippen molar-refractivity contribution in [1.82, 2.24) is 0 Å². The maximum absolute atomic E-state index is 12.2. The molecule has 0 aromatic heterocycles. The molecular formula is C17H34NO3P. The topological polar surface area (TPSA) is 59.3 Å².